The summed E-state index contributed by atoms with van der Waals surface area (Å²) in [5.74, 6) is 0.867. The van der Waals surface area contributed by atoms with Crippen LogP contribution in [0.1, 0.15) is 75.2 Å². The van der Waals surface area contributed by atoms with Gasteiger partial charge in [0.1, 0.15) is 0 Å². The molecule has 0 aromatic rings. The second-order valence-corrected chi connectivity index (χ2v) is 5.70. The zero-order chi connectivity index (χ0) is 13.6. The van der Waals surface area contributed by atoms with Gasteiger partial charge in [0.15, 0.2) is 0 Å². The van der Waals surface area contributed by atoms with Crippen molar-refractivity contribution >= 4 is 0 Å². The maximum absolute atomic E-state index is 2.53. The molecule has 0 unspecified atom stereocenters. The van der Waals surface area contributed by atoms with E-state index in [2.05, 4.69) is 46.6 Å². The van der Waals surface area contributed by atoms with Gasteiger partial charge in [-0.15, -0.1) is 0 Å². The fourth-order valence-electron chi connectivity index (χ4n) is 2.87. The molecule has 0 radical (unpaired) electrons. The topological polar surface area (TPSA) is 3.24 Å². The number of hydrogen-bond donors (Lipinski definition) is 0. The van der Waals surface area contributed by atoms with Gasteiger partial charge >= 0.3 is 0 Å². The van der Waals surface area contributed by atoms with Crippen molar-refractivity contribution in [2.45, 2.75) is 86.2 Å². The van der Waals surface area contributed by atoms with Gasteiger partial charge in [-0.05, 0) is 53.5 Å². The highest BCUT2D eigenvalue weighted by Gasteiger charge is 2.41. The largest absolute Gasteiger partial charge is 0.296 e. The Morgan fingerprint density at radius 3 is 1.31 bits per heavy atom. The first kappa shape index (κ1) is 18.3. The highest BCUT2D eigenvalue weighted by atomic mass is 15.2. The predicted octanol–water partition coefficient (Wildman–Crippen LogP) is 4.96. The summed E-state index contributed by atoms with van der Waals surface area (Å²) in [5, 5.41) is 0. The molecule has 0 bridgehead atoms. The maximum Gasteiger partial charge on any atom is 0.0158 e. The second-order valence-electron chi connectivity index (χ2n) is 5.70. The number of rotatable bonds is 0. The van der Waals surface area contributed by atoms with E-state index in [1.54, 1.807) is 0 Å². The highest BCUT2D eigenvalue weighted by Crippen LogP contribution is 2.39. The Morgan fingerprint density at radius 2 is 1.06 bits per heavy atom. The summed E-state index contributed by atoms with van der Waals surface area (Å²) in [5.41, 5.74) is 0.752. The van der Waals surface area contributed by atoms with Gasteiger partial charge in [0, 0.05) is 11.1 Å². The molecule has 0 atom stereocenters. The summed E-state index contributed by atoms with van der Waals surface area (Å²) >= 11 is 0. The lowest BCUT2D eigenvalue weighted by atomic mass is 9.75. The number of likely N-dealkylation sites (tertiary alicyclic amines) is 1. The van der Waals surface area contributed by atoms with Crippen molar-refractivity contribution in [3.8, 4) is 0 Å². The van der Waals surface area contributed by atoms with E-state index in [-0.39, 0.29) is 0 Å². The standard InChI is InChI=1S/C11H23N.2C2H6/c1-9-7-10(2,3)12(6)11(4,5)8-9;2*1-2/h9H,7-8H2,1-6H3;2*1-2H3. The fourth-order valence-corrected chi connectivity index (χ4v) is 2.87. The third-order valence-corrected chi connectivity index (χ3v) is 3.51. The number of hydrogen-bond acceptors (Lipinski definition) is 1. The smallest absolute Gasteiger partial charge is 0.0158 e. The van der Waals surface area contributed by atoms with Crippen LogP contribution in [0.15, 0.2) is 0 Å². The molecule has 0 aromatic heterocycles. The summed E-state index contributed by atoms with van der Waals surface area (Å²) in [4.78, 5) is 2.53. The van der Waals surface area contributed by atoms with Crippen molar-refractivity contribution in [2.24, 2.45) is 5.92 Å². The van der Waals surface area contributed by atoms with Gasteiger partial charge in [0.2, 0.25) is 0 Å². The molecule has 1 aliphatic heterocycles. The molecule has 1 heterocycles. The van der Waals surface area contributed by atoms with Crippen LogP contribution >= 0.6 is 0 Å². The van der Waals surface area contributed by atoms with E-state index in [0.717, 1.165) is 5.92 Å². The monoisotopic (exact) mass is 229 g/mol. The zero-order valence-corrected chi connectivity index (χ0v) is 13.4. The van der Waals surface area contributed by atoms with Crippen molar-refractivity contribution in [3.05, 3.63) is 0 Å². The van der Waals surface area contributed by atoms with Gasteiger partial charge in [0.25, 0.3) is 0 Å². The van der Waals surface area contributed by atoms with E-state index in [1.807, 2.05) is 27.7 Å². The fraction of sp³-hybridized carbons (Fsp3) is 1.00. The summed E-state index contributed by atoms with van der Waals surface area (Å²) in [6, 6.07) is 0. The molecule has 1 nitrogen and oxygen atoms in total. The van der Waals surface area contributed by atoms with Gasteiger partial charge in [-0.1, -0.05) is 34.6 Å². The Kier molecular flexibility index (Phi) is 8.38. The predicted molar refractivity (Wildman–Crippen MR) is 77.0 cm³/mol. The molecule has 0 aliphatic carbocycles. The van der Waals surface area contributed by atoms with Crippen LogP contribution in [0.3, 0.4) is 0 Å². The van der Waals surface area contributed by atoms with Gasteiger partial charge in [-0.25, -0.2) is 0 Å². The van der Waals surface area contributed by atoms with Gasteiger partial charge in [-0.2, -0.15) is 0 Å². The van der Waals surface area contributed by atoms with E-state index in [0.29, 0.717) is 11.1 Å². The van der Waals surface area contributed by atoms with E-state index >= 15 is 0 Å². The Morgan fingerprint density at radius 1 is 0.812 bits per heavy atom. The van der Waals surface area contributed by atoms with Crippen LogP contribution < -0.4 is 0 Å². The lowest BCUT2D eigenvalue weighted by Gasteiger charge is -2.53. The van der Waals surface area contributed by atoms with Crippen LogP contribution in [-0.4, -0.2) is 23.0 Å². The quantitative estimate of drug-likeness (QED) is 0.567. The Hall–Kier alpha value is -0.0400. The van der Waals surface area contributed by atoms with E-state index in [4.69, 9.17) is 0 Å². The van der Waals surface area contributed by atoms with Crippen LogP contribution in [0.5, 0.6) is 0 Å². The molecule has 0 aromatic carbocycles. The maximum atomic E-state index is 2.53. The number of piperidine rings is 1. The minimum absolute atomic E-state index is 0.376. The molecule has 0 saturated carbocycles. The van der Waals surface area contributed by atoms with Crippen molar-refractivity contribution in [3.63, 3.8) is 0 Å². The van der Waals surface area contributed by atoms with Crippen molar-refractivity contribution in [2.75, 3.05) is 7.05 Å². The van der Waals surface area contributed by atoms with Crippen LogP contribution in [-0.2, 0) is 0 Å². The number of nitrogens with zero attached hydrogens (tertiary/aromatic N) is 1. The molecule has 1 saturated heterocycles. The zero-order valence-electron chi connectivity index (χ0n) is 13.4. The van der Waals surface area contributed by atoms with E-state index < -0.39 is 0 Å². The Labute approximate surface area is 105 Å². The van der Waals surface area contributed by atoms with Gasteiger partial charge < -0.3 is 0 Å². The second kappa shape index (κ2) is 7.32. The van der Waals surface area contributed by atoms with Gasteiger partial charge in [0.05, 0.1) is 0 Å². The minimum atomic E-state index is 0.376. The molecule has 1 rings (SSSR count). The molecule has 1 heteroatoms. The van der Waals surface area contributed by atoms with Crippen LogP contribution in [0.25, 0.3) is 0 Å². The average molecular weight is 229 g/mol. The summed E-state index contributed by atoms with van der Waals surface area (Å²) in [6.45, 7) is 19.8. The first-order valence-electron chi connectivity index (χ1n) is 7.00. The molecule has 0 amide bonds. The van der Waals surface area contributed by atoms with Crippen LogP contribution in [0.4, 0.5) is 0 Å². The molecule has 100 valence electrons. The van der Waals surface area contributed by atoms with Crippen LogP contribution in [0, 0.1) is 5.92 Å². The molecular formula is C15H35N. The van der Waals surface area contributed by atoms with Gasteiger partial charge in [-0.3, -0.25) is 4.90 Å². The Bertz CT molecular complexity index is 152. The minimum Gasteiger partial charge on any atom is -0.296 e. The van der Waals surface area contributed by atoms with E-state index in [1.165, 1.54) is 12.8 Å². The highest BCUT2D eigenvalue weighted by molar-refractivity contribution is 4.96. The lowest BCUT2D eigenvalue weighted by Crippen LogP contribution is -2.58. The van der Waals surface area contributed by atoms with Crippen molar-refractivity contribution in [1.82, 2.24) is 4.90 Å². The SMILES string of the molecule is CC.CC.CC1CC(C)(C)N(C)C(C)(C)C1. The molecular weight excluding hydrogens is 194 g/mol. The first-order chi connectivity index (χ1) is 7.26. The van der Waals surface area contributed by atoms with Crippen molar-refractivity contribution in [1.29, 1.82) is 0 Å². The normalized spacial score (nSPS) is 23.6. The molecule has 16 heavy (non-hydrogen) atoms. The van der Waals surface area contributed by atoms with Crippen molar-refractivity contribution < 1.29 is 0 Å². The third-order valence-electron chi connectivity index (χ3n) is 3.51. The molecule has 0 spiro atoms. The molecule has 0 N–H and O–H groups in total. The summed E-state index contributed by atoms with van der Waals surface area (Å²) in [6.07, 6.45) is 2.65. The Balaban J connectivity index is 0. The van der Waals surface area contributed by atoms with Crippen LogP contribution in [0.2, 0.25) is 0 Å². The first-order valence-corrected chi connectivity index (χ1v) is 7.00. The third kappa shape index (κ3) is 4.86. The lowest BCUT2D eigenvalue weighted by molar-refractivity contribution is -0.0255. The van der Waals surface area contributed by atoms with E-state index in [9.17, 15) is 0 Å². The summed E-state index contributed by atoms with van der Waals surface area (Å²) < 4.78 is 0. The molecule has 1 fully saturated rings. The average Bonchev–Trinajstić information content (AvgIpc) is 2.19. The summed E-state index contributed by atoms with van der Waals surface area (Å²) in [7, 11) is 2.26. The molecule has 1 aliphatic rings.